The van der Waals surface area contributed by atoms with Gasteiger partial charge in [-0.05, 0) is 24.8 Å². The van der Waals surface area contributed by atoms with E-state index in [1.54, 1.807) is 0 Å². The Hall–Kier alpha value is -1.15. The van der Waals surface area contributed by atoms with Crippen molar-refractivity contribution in [3.8, 4) is 0 Å². The van der Waals surface area contributed by atoms with E-state index in [2.05, 4.69) is 25.7 Å². The summed E-state index contributed by atoms with van der Waals surface area (Å²) in [7, 11) is 0. The van der Waals surface area contributed by atoms with E-state index in [4.69, 9.17) is 0 Å². The first-order valence-electron chi connectivity index (χ1n) is 7.39. The van der Waals surface area contributed by atoms with Crippen molar-refractivity contribution >= 4 is 5.78 Å². The summed E-state index contributed by atoms with van der Waals surface area (Å²) in [6.07, 6.45) is 1.28. The van der Waals surface area contributed by atoms with E-state index in [1.165, 1.54) is 6.42 Å². The quantitative estimate of drug-likeness (QED) is 0.755. The zero-order chi connectivity index (χ0) is 13.8. The van der Waals surface area contributed by atoms with Crippen LogP contribution in [0.1, 0.15) is 37.6 Å². The third-order valence-electron chi connectivity index (χ3n) is 4.29. The number of benzene rings is 1. The van der Waals surface area contributed by atoms with Gasteiger partial charge in [-0.3, -0.25) is 4.79 Å². The van der Waals surface area contributed by atoms with E-state index in [-0.39, 0.29) is 11.7 Å². The number of Topliss-reactive ketones (excluding diaryl/α,β-unsaturated/α-hetero) is 1. The number of ketones is 1. The maximum Gasteiger partial charge on any atom is 0.166 e. The lowest BCUT2D eigenvalue weighted by atomic mass is 9.95. The molecule has 1 aromatic carbocycles. The average Bonchev–Trinajstić information content (AvgIpc) is 2.87. The van der Waals surface area contributed by atoms with Crippen LogP contribution in [0, 0.1) is 17.8 Å². The molecule has 1 heterocycles. The maximum atomic E-state index is 12.3. The Morgan fingerprint density at radius 1 is 1.26 bits per heavy atom. The lowest BCUT2D eigenvalue weighted by Crippen LogP contribution is -2.30. The average molecular weight is 259 g/mol. The fraction of sp³-hybridized carbons (Fsp3) is 0.588. The van der Waals surface area contributed by atoms with Crippen molar-refractivity contribution < 1.29 is 4.79 Å². The molecule has 0 saturated carbocycles. The van der Waals surface area contributed by atoms with Crippen molar-refractivity contribution in [1.82, 2.24) is 4.90 Å². The zero-order valence-corrected chi connectivity index (χ0v) is 12.3. The molecule has 0 bridgehead atoms. The number of carbonyl (C=O) groups excluding carboxylic acids is 1. The van der Waals surface area contributed by atoms with Gasteiger partial charge in [-0.1, -0.05) is 51.1 Å². The summed E-state index contributed by atoms with van der Waals surface area (Å²) in [5, 5.41) is 0. The highest BCUT2D eigenvalue weighted by Gasteiger charge is 2.27. The van der Waals surface area contributed by atoms with Crippen LogP contribution in [0.15, 0.2) is 30.3 Å². The molecule has 0 amide bonds. The summed E-state index contributed by atoms with van der Waals surface area (Å²) in [6, 6.07) is 9.66. The molecular formula is C17H25NO. The summed E-state index contributed by atoms with van der Waals surface area (Å²) >= 11 is 0. The Labute approximate surface area is 116 Å². The lowest BCUT2D eigenvalue weighted by Gasteiger charge is -2.21. The molecule has 0 spiro atoms. The number of carbonyl (C=O) groups is 1. The van der Waals surface area contributed by atoms with Crippen LogP contribution in [-0.2, 0) is 0 Å². The molecule has 0 N–H and O–H groups in total. The van der Waals surface area contributed by atoms with E-state index in [9.17, 15) is 4.79 Å². The molecule has 1 fully saturated rings. The highest BCUT2D eigenvalue weighted by Crippen LogP contribution is 2.24. The standard InChI is InChI=1S/C17H25NO/c1-13(2)16-9-10-18(12-16)11-14(3)17(19)15-7-5-4-6-8-15/h4-8,13-14,16H,9-12H2,1-3H3. The van der Waals surface area contributed by atoms with Crippen molar-refractivity contribution in [2.24, 2.45) is 17.8 Å². The molecule has 19 heavy (non-hydrogen) atoms. The molecule has 1 aromatic rings. The minimum atomic E-state index is 0.0910. The molecule has 104 valence electrons. The summed E-state index contributed by atoms with van der Waals surface area (Å²) in [4.78, 5) is 14.8. The molecule has 1 saturated heterocycles. The molecule has 0 aromatic heterocycles. The first-order chi connectivity index (χ1) is 9.08. The van der Waals surface area contributed by atoms with Crippen LogP contribution in [0.2, 0.25) is 0 Å². The molecule has 2 nitrogen and oxygen atoms in total. The normalized spacial score (nSPS) is 21.8. The van der Waals surface area contributed by atoms with Gasteiger partial charge in [0, 0.05) is 24.6 Å². The summed E-state index contributed by atoms with van der Waals surface area (Å²) < 4.78 is 0. The fourth-order valence-electron chi connectivity index (χ4n) is 2.93. The van der Waals surface area contributed by atoms with Gasteiger partial charge < -0.3 is 4.90 Å². The van der Waals surface area contributed by atoms with E-state index >= 15 is 0 Å². The van der Waals surface area contributed by atoms with Gasteiger partial charge in [0.2, 0.25) is 0 Å². The number of nitrogens with zero attached hydrogens (tertiary/aromatic N) is 1. The maximum absolute atomic E-state index is 12.3. The number of hydrogen-bond acceptors (Lipinski definition) is 2. The van der Waals surface area contributed by atoms with E-state index in [0.29, 0.717) is 0 Å². The van der Waals surface area contributed by atoms with Gasteiger partial charge in [0.25, 0.3) is 0 Å². The minimum Gasteiger partial charge on any atom is -0.302 e. The van der Waals surface area contributed by atoms with E-state index in [0.717, 1.165) is 37.0 Å². The molecule has 1 aliphatic heterocycles. The molecule has 2 heteroatoms. The van der Waals surface area contributed by atoms with Gasteiger partial charge in [-0.15, -0.1) is 0 Å². The second-order valence-electron chi connectivity index (χ2n) is 6.18. The number of hydrogen-bond donors (Lipinski definition) is 0. The smallest absolute Gasteiger partial charge is 0.166 e. The topological polar surface area (TPSA) is 20.3 Å². The predicted molar refractivity (Wildman–Crippen MR) is 79.3 cm³/mol. The minimum absolute atomic E-state index is 0.0910. The van der Waals surface area contributed by atoms with Crippen LogP contribution in [0.5, 0.6) is 0 Å². The number of likely N-dealkylation sites (tertiary alicyclic amines) is 1. The summed E-state index contributed by atoms with van der Waals surface area (Å²) in [5.74, 6) is 1.92. The van der Waals surface area contributed by atoms with Crippen LogP contribution in [0.3, 0.4) is 0 Å². The Morgan fingerprint density at radius 3 is 2.53 bits per heavy atom. The second-order valence-corrected chi connectivity index (χ2v) is 6.18. The molecule has 2 atom stereocenters. The van der Waals surface area contributed by atoms with Crippen LogP contribution in [-0.4, -0.2) is 30.3 Å². The van der Waals surface area contributed by atoms with Crippen molar-refractivity contribution in [2.45, 2.75) is 27.2 Å². The van der Waals surface area contributed by atoms with E-state index < -0.39 is 0 Å². The molecular weight excluding hydrogens is 234 g/mol. The van der Waals surface area contributed by atoms with Gasteiger partial charge in [-0.2, -0.15) is 0 Å². The number of rotatable bonds is 5. The van der Waals surface area contributed by atoms with Gasteiger partial charge in [0.15, 0.2) is 5.78 Å². The Kier molecular flexibility index (Phi) is 4.76. The van der Waals surface area contributed by atoms with Crippen LogP contribution in [0.25, 0.3) is 0 Å². The molecule has 0 radical (unpaired) electrons. The van der Waals surface area contributed by atoms with Crippen molar-refractivity contribution in [2.75, 3.05) is 19.6 Å². The fourth-order valence-corrected chi connectivity index (χ4v) is 2.93. The van der Waals surface area contributed by atoms with Gasteiger partial charge in [0.1, 0.15) is 0 Å². The second kappa shape index (κ2) is 6.33. The van der Waals surface area contributed by atoms with Crippen LogP contribution >= 0.6 is 0 Å². The van der Waals surface area contributed by atoms with Crippen LogP contribution < -0.4 is 0 Å². The predicted octanol–water partition coefficient (Wildman–Crippen LogP) is 3.48. The highest BCUT2D eigenvalue weighted by atomic mass is 16.1. The third kappa shape index (κ3) is 3.66. The van der Waals surface area contributed by atoms with Gasteiger partial charge >= 0.3 is 0 Å². The summed E-state index contributed by atoms with van der Waals surface area (Å²) in [5.41, 5.74) is 0.842. The molecule has 2 unspecified atom stereocenters. The van der Waals surface area contributed by atoms with Crippen molar-refractivity contribution in [3.05, 3.63) is 35.9 Å². The molecule has 1 aliphatic rings. The Balaban J connectivity index is 1.88. The zero-order valence-electron chi connectivity index (χ0n) is 12.3. The lowest BCUT2D eigenvalue weighted by molar-refractivity contribution is 0.0901. The Bertz CT molecular complexity index is 413. The highest BCUT2D eigenvalue weighted by molar-refractivity contribution is 5.97. The molecule has 0 aliphatic carbocycles. The van der Waals surface area contributed by atoms with Gasteiger partial charge in [0.05, 0.1) is 0 Å². The van der Waals surface area contributed by atoms with Crippen molar-refractivity contribution in [3.63, 3.8) is 0 Å². The molecule has 2 rings (SSSR count). The first kappa shape index (κ1) is 14.3. The van der Waals surface area contributed by atoms with Gasteiger partial charge in [-0.25, -0.2) is 0 Å². The van der Waals surface area contributed by atoms with Crippen molar-refractivity contribution in [1.29, 1.82) is 0 Å². The largest absolute Gasteiger partial charge is 0.302 e. The van der Waals surface area contributed by atoms with Crippen LogP contribution in [0.4, 0.5) is 0 Å². The van der Waals surface area contributed by atoms with E-state index in [1.807, 2.05) is 30.3 Å². The summed E-state index contributed by atoms with van der Waals surface area (Å²) in [6.45, 7) is 9.85. The monoisotopic (exact) mass is 259 g/mol. The SMILES string of the molecule is CC(CN1CCC(C(C)C)C1)C(=O)c1ccccc1. The Morgan fingerprint density at radius 2 is 1.95 bits per heavy atom. The third-order valence-corrected chi connectivity index (χ3v) is 4.29. The first-order valence-corrected chi connectivity index (χ1v) is 7.39.